The minimum Gasteiger partial charge on any atom is -0.374 e. The Morgan fingerprint density at radius 2 is 1.97 bits per heavy atom. The summed E-state index contributed by atoms with van der Waals surface area (Å²) in [6.45, 7) is 4.50. The molecular weight excluding hydrogens is 452 g/mol. The highest BCUT2D eigenvalue weighted by atomic mass is 16.5. The van der Waals surface area contributed by atoms with E-state index in [2.05, 4.69) is 39.2 Å². The molecule has 0 aliphatic carbocycles. The van der Waals surface area contributed by atoms with Crippen molar-refractivity contribution in [1.29, 1.82) is 0 Å². The van der Waals surface area contributed by atoms with Crippen molar-refractivity contribution in [2.45, 2.75) is 38.3 Å². The number of pyridine rings is 2. The highest BCUT2D eigenvalue weighted by Crippen LogP contribution is 2.42. The molecule has 4 aromatic rings. The van der Waals surface area contributed by atoms with Gasteiger partial charge in [0.2, 0.25) is 0 Å². The maximum absolute atomic E-state index is 12.9. The van der Waals surface area contributed by atoms with Crippen molar-refractivity contribution in [3.05, 3.63) is 64.3 Å². The van der Waals surface area contributed by atoms with Crippen LogP contribution in [0.4, 0.5) is 17.1 Å². The van der Waals surface area contributed by atoms with Crippen molar-refractivity contribution in [3.63, 3.8) is 0 Å². The Hall–Kier alpha value is -3.65. The first-order chi connectivity index (χ1) is 17.5. The summed E-state index contributed by atoms with van der Waals surface area (Å²) in [5.41, 5.74) is 8.51. The van der Waals surface area contributed by atoms with Crippen LogP contribution in [-0.4, -0.2) is 51.2 Å². The number of morpholine rings is 1. The molecular formula is C28H30N6O2. The van der Waals surface area contributed by atoms with Gasteiger partial charge in [-0.25, -0.2) is 0 Å². The van der Waals surface area contributed by atoms with E-state index in [1.54, 1.807) is 4.57 Å². The molecule has 3 aliphatic heterocycles. The Kier molecular flexibility index (Phi) is 4.76. The third kappa shape index (κ3) is 3.27. The van der Waals surface area contributed by atoms with E-state index >= 15 is 0 Å². The molecule has 2 bridgehead atoms. The molecule has 0 radical (unpaired) electrons. The molecule has 8 nitrogen and oxygen atoms in total. The van der Waals surface area contributed by atoms with Crippen LogP contribution in [0.1, 0.15) is 24.0 Å². The highest BCUT2D eigenvalue weighted by molar-refractivity contribution is 5.98. The van der Waals surface area contributed by atoms with E-state index < -0.39 is 0 Å². The number of rotatable bonds is 3. The number of hydrogen-bond acceptors (Lipinski definition) is 6. The van der Waals surface area contributed by atoms with E-state index in [-0.39, 0.29) is 5.56 Å². The molecule has 36 heavy (non-hydrogen) atoms. The van der Waals surface area contributed by atoms with Gasteiger partial charge in [-0.15, -0.1) is 0 Å². The molecule has 1 aromatic carbocycles. The van der Waals surface area contributed by atoms with Crippen LogP contribution < -0.4 is 15.4 Å². The van der Waals surface area contributed by atoms with Gasteiger partial charge in [0.15, 0.2) is 0 Å². The van der Waals surface area contributed by atoms with Crippen molar-refractivity contribution in [2.24, 2.45) is 14.1 Å². The molecule has 3 aliphatic rings. The van der Waals surface area contributed by atoms with E-state index in [1.807, 2.05) is 44.3 Å². The summed E-state index contributed by atoms with van der Waals surface area (Å²) in [5, 5.41) is 5.41. The third-order valence-corrected chi connectivity index (χ3v) is 8.09. The molecule has 2 saturated heterocycles. The predicted molar refractivity (Wildman–Crippen MR) is 141 cm³/mol. The number of benzene rings is 1. The minimum atomic E-state index is 0.0544. The first kappa shape index (κ1) is 21.6. The summed E-state index contributed by atoms with van der Waals surface area (Å²) in [6, 6.07) is 9.18. The zero-order valence-corrected chi connectivity index (χ0v) is 20.9. The van der Waals surface area contributed by atoms with Gasteiger partial charge in [0.1, 0.15) is 0 Å². The standard InChI is InChI=1S/C28H30N6O2/c1-17-7-23-25(32(3)28(17)35)10-20(34-15-22-9-21(34)16-36-22)11-26(23)33-6-4-5-18-8-24(29-13-27(18)33)19-12-30-31(2)14-19/h7-8,10-14,21-22H,4-6,9,15-16H2,1-3H3/t21-,22-/m1/s1. The fraction of sp³-hybridized carbons (Fsp3) is 0.393. The van der Waals surface area contributed by atoms with Gasteiger partial charge in [-0.3, -0.25) is 14.5 Å². The molecule has 3 aromatic heterocycles. The maximum atomic E-state index is 12.9. The number of ether oxygens (including phenoxy) is 1. The highest BCUT2D eigenvalue weighted by Gasteiger charge is 2.39. The van der Waals surface area contributed by atoms with Crippen LogP contribution in [0, 0.1) is 6.92 Å². The Balaban J connectivity index is 1.40. The smallest absolute Gasteiger partial charge is 0.253 e. The second-order valence-corrected chi connectivity index (χ2v) is 10.4. The Morgan fingerprint density at radius 1 is 1.08 bits per heavy atom. The van der Waals surface area contributed by atoms with Gasteiger partial charge in [0.25, 0.3) is 5.56 Å². The van der Waals surface area contributed by atoms with Crippen molar-refractivity contribution < 1.29 is 4.74 Å². The topological polar surface area (TPSA) is 68.4 Å². The number of fused-ring (bicyclic) bond motifs is 4. The number of nitrogens with zero attached hydrogens (tertiary/aromatic N) is 6. The van der Waals surface area contributed by atoms with Crippen LogP contribution in [0.3, 0.4) is 0 Å². The van der Waals surface area contributed by atoms with Gasteiger partial charge in [-0.05, 0) is 56.0 Å². The summed E-state index contributed by atoms with van der Waals surface area (Å²) < 4.78 is 9.48. The first-order valence-electron chi connectivity index (χ1n) is 12.7. The normalized spacial score (nSPS) is 21.0. The molecule has 6 heterocycles. The van der Waals surface area contributed by atoms with Gasteiger partial charge in [0, 0.05) is 55.6 Å². The van der Waals surface area contributed by atoms with Crippen molar-refractivity contribution in [3.8, 4) is 11.3 Å². The lowest BCUT2D eigenvalue weighted by molar-refractivity contribution is 0.0991. The summed E-state index contributed by atoms with van der Waals surface area (Å²) in [7, 11) is 3.81. The van der Waals surface area contributed by atoms with Crippen molar-refractivity contribution >= 4 is 28.0 Å². The second kappa shape index (κ2) is 7.93. The van der Waals surface area contributed by atoms with Crippen LogP contribution in [0.2, 0.25) is 0 Å². The van der Waals surface area contributed by atoms with Gasteiger partial charge >= 0.3 is 0 Å². The number of anilines is 3. The van der Waals surface area contributed by atoms with Crippen LogP contribution in [0.5, 0.6) is 0 Å². The molecule has 2 fully saturated rings. The zero-order valence-electron chi connectivity index (χ0n) is 20.9. The quantitative estimate of drug-likeness (QED) is 0.444. The molecule has 0 saturated carbocycles. The Morgan fingerprint density at radius 3 is 2.72 bits per heavy atom. The monoisotopic (exact) mass is 482 g/mol. The van der Waals surface area contributed by atoms with Crippen LogP contribution >= 0.6 is 0 Å². The molecule has 2 atom stereocenters. The van der Waals surface area contributed by atoms with E-state index in [1.165, 1.54) is 11.3 Å². The fourth-order valence-corrected chi connectivity index (χ4v) is 6.23. The Bertz CT molecular complexity index is 1570. The molecule has 0 amide bonds. The fourth-order valence-electron chi connectivity index (χ4n) is 6.23. The van der Waals surface area contributed by atoms with Crippen molar-refractivity contribution in [2.75, 3.05) is 29.5 Å². The van der Waals surface area contributed by atoms with E-state index in [9.17, 15) is 4.79 Å². The van der Waals surface area contributed by atoms with Gasteiger partial charge < -0.3 is 19.1 Å². The maximum Gasteiger partial charge on any atom is 0.253 e. The van der Waals surface area contributed by atoms with E-state index in [0.717, 1.165) is 78.1 Å². The van der Waals surface area contributed by atoms with Gasteiger partial charge in [-0.1, -0.05) is 0 Å². The largest absolute Gasteiger partial charge is 0.374 e. The zero-order chi connectivity index (χ0) is 24.6. The van der Waals surface area contributed by atoms with E-state index in [0.29, 0.717) is 12.1 Å². The molecule has 0 spiro atoms. The van der Waals surface area contributed by atoms with Crippen LogP contribution in [0.25, 0.3) is 22.2 Å². The Labute approximate surface area is 209 Å². The minimum absolute atomic E-state index is 0.0544. The van der Waals surface area contributed by atoms with Crippen LogP contribution in [0.15, 0.2) is 47.7 Å². The summed E-state index contributed by atoms with van der Waals surface area (Å²) >= 11 is 0. The number of aromatic nitrogens is 4. The lowest BCUT2D eigenvalue weighted by Crippen LogP contribution is -2.37. The third-order valence-electron chi connectivity index (χ3n) is 8.09. The average molecular weight is 483 g/mol. The second-order valence-electron chi connectivity index (χ2n) is 10.4. The summed E-state index contributed by atoms with van der Waals surface area (Å²) in [4.78, 5) is 22.6. The average Bonchev–Trinajstić information content (AvgIpc) is 3.64. The first-order valence-corrected chi connectivity index (χ1v) is 12.7. The predicted octanol–water partition coefficient (Wildman–Crippen LogP) is 3.70. The molecule has 184 valence electrons. The van der Waals surface area contributed by atoms with Crippen molar-refractivity contribution in [1.82, 2.24) is 19.3 Å². The summed E-state index contributed by atoms with van der Waals surface area (Å²) in [6.07, 6.45) is 9.34. The van der Waals surface area contributed by atoms with E-state index in [4.69, 9.17) is 9.72 Å². The number of hydrogen-bond donors (Lipinski definition) is 0. The lowest BCUT2D eigenvalue weighted by Gasteiger charge is -2.35. The lowest BCUT2D eigenvalue weighted by atomic mass is 9.99. The number of aryl methyl sites for hydroxylation is 4. The van der Waals surface area contributed by atoms with Gasteiger partial charge in [-0.2, -0.15) is 5.10 Å². The molecule has 0 unspecified atom stereocenters. The molecule has 7 rings (SSSR count). The SMILES string of the molecule is Cc1cc2c(N3CCCc4cc(-c5cnn(C)c5)ncc43)cc(N3C[C@H]4C[C@@H]3CO4)cc2n(C)c1=O. The molecule has 8 heteroatoms. The summed E-state index contributed by atoms with van der Waals surface area (Å²) in [5.74, 6) is 0. The van der Waals surface area contributed by atoms with Gasteiger partial charge in [0.05, 0.1) is 53.7 Å². The van der Waals surface area contributed by atoms with Crippen LogP contribution in [-0.2, 0) is 25.3 Å². The molecule has 0 N–H and O–H groups in total.